The third-order valence-electron chi connectivity index (χ3n) is 3.14. The van der Waals surface area contributed by atoms with Crippen molar-refractivity contribution in [3.63, 3.8) is 0 Å². The van der Waals surface area contributed by atoms with Crippen LogP contribution in [0, 0.1) is 0 Å². The van der Waals surface area contributed by atoms with Crippen LogP contribution in [0.1, 0.15) is 23.7 Å². The van der Waals surface area contributed by atoms with Crippen LogP contribution in [0.25, 0.3) is 0 Å². The molecule has 1 heterocycles. The number of aromatic carboxylic acids is 1. The van der Waals surface area contributed by atoms with E-state index in [1.54, 1.807) is 13.0 Å². The van der Waals surface area contributed by atoms with Gasteiger partial charge in [0.05, 0.1) is 11.5 Å². The Morgan fingerprint density at radius 1 is 1.38 bits per heavy atom. The van der Waals surface area contributed by atoms with Gasteiger partial charge < -0.3 is 9.84 Å². The topological polar surface area (TPSA) is 83.9 Å². The molecule has 0 unspecified atom stereocenters. The minimum absolute atomic E-state index is 0.0290. The zero-order chi connectivity index (χ0) is 15.5. The van der Waals surface area contributed by atoms with Crippen molar-refractivity contribution in [3.05, 3.63) is 35.9 Å². The van der Waals surface area contributed by atoms with Gasteiger partial charge in [-0.25, -0.2) is 13.2 Å². The molecule has 21 heavy (non-hydrogen) atoms. The second kappa shape index (κ2) is 6.28. The van der Waals surface area contributed by atoms with Crippen LogP contribution < -0.4 is 4.74 Å². The van der Waals surface area contributed by atoms with Crippen molar-refractivity contribution < 1.29 is 23.1 Å². The van der Waals surface area contributed by atoms with Gasteiger partial charge in [-0.3, -0.25) is 0 Å². The molecule has 1 aromatic carbocycles. The van der Waals surface area contributed by atoms with E-state index in [1.165, 1.54) is 16.4 Å². The van der Waals surface area contributed by atoms with Crippen molar-refractivity contribution in [3.8, 4) is 5.75 Å². The Labute approximate surface area is 123 Å². The Balaban J connectivity index is 2.42. The summed E-state index contributed by atoms with van der Waals surface area (Å²) in [5.41, 5.74) is -0.148. The molecule has 7 heteroatoms. The van der Waals surface area contributed by atoms with E-state index >= 15 is 0 Å². The number of carboxylic acid groups (broad SMARTS) is 1. The molecule has 0 aliphatic carbocycles. The minimum Gasteiger partial charge on any atom is -0.493 e. The maximum atomic E-state index is 12.5. The predicted octanol–water partition coefficient (Wildman–Crippen LogP) is 1.73. The molecular formula is C14H17NO5S. The molecule has 0 atom stereocenters. The Kier molecular flexibility index (Phi) is 4.64. The van der Waals surface area contributed by atoms with Gasteiger partial charge in [0.15, 0.2) is 0 Å². The SMILES string of the molecule is CCOc1ccc(S(=O)(=O)N2CC=CCC2)cc1C(=O)O. The third kappa shape index (κ3) is 3.25. The number of benzene rings is 1. The quantitative estimate of drug-likeness (QED) is 0.837. The van der Waals surface area contributed by atoms with E-state index < -0.39 is 16.0 Å². The Morgan fingerprint density at radius 3 is 2.71 bits per heavy atom. The number of sulfonamides is 1. The molecule has 1 N–H and O–H groups in total. The molecule has 0 spiro atoms. The van der Waals surface area contributed by atoms with E-state index in [0.717, 1.165) is 6.07 Å². The number of ether oxygens (including phenoxy) is 1. The van der Waals surface area contributed by atoms with Crippen molar-refractivity contribution in [1.82, 2.24) is 4.31 Å². The van der Waals surface area contributed by atoms with Gasteiger partial charge in [0, 0.05) is 13.1 Å². The van der Waals surface area contributed by atoms with Crippen molar-refractivity contribution in [2.75, 3.05) is 19.7 Å². The maximum Gasteiger partial charge on any atom is 0.339 e. The third-order valence-corrected chi connectivity index (χ3v) is 5.00. The van der Waals surface area contributed by atoms with E-state index in [9.17, 15) is 18.3 Å². The molecule has 0 saturated carbocycles. The maximum absolute atomic E-state index is 12.5. The van der Waals surface area contributed by atoms with E-state index in [4.69, 9.17) is 4.74 Å². The Hall–Kier alpha value is -1.86. The molecule has 0 amide bonds. The van der Waals surface area contributed by atoms with E-state index in [1.807, 2.05) is 6.08 Å². The molecular weight excluding hydrogens is 294 g/mol. The monoisotopic (exact) mass is 311 g/mol. The lowest BCUT2D eigenvalue weighted by Gasteiger charge is -2.23. The lowest BCUT2D eigenvalue weighted by Crippen LogP contribution is -2.33. The molecule has 0 aromatic heterocycles. The fraction of sp³-hybridized carbons (Fsp3) is 0.357. The highest BCUT2D eigenvalue weighted by Gasteiger charge is 2.26. The fourth-order valence-corrected chi connectivity index (χ4v) is 3.54. The Bertz CT molecular complexity index is 666. The van der Waals surface area contributed by atoms with Gasteiger partial charge in [0.2, 0.25) is 10.0 Å². The second-order valence-corrected chi connectivity index (χ2v) is 6.46. The standard InChI is InChI=1S/C14H17NO5S/c1-2-20-13-7-6-11(10-12(13)14(16)17)21(18,19)15-8-4-3-5-9-15/h3-4,6-7,10H,2,5,8-9H2,1H3,(H,16,17). The second-order valence-electron chi connectivity index (χ2n) is 4.52. The highest BCUT2D eigenvalue weighted by molar-refractivity contribution is 7.89. The van der Waals surface area contributed by atoms with Gasteiger partial charge in [0.25, 0.3) is 0 Å². The van der Waals surface area contributed by atoms with Crippen molar-refractivity contribution in [1.29, 1.82) is 0 Å². The average molecular weight is 311 g/mol. The summed E-state index contributed by atoms with van der Waals surface area (Å²) in [5.74, 6) is -1.04. The van der Waals surface area contributed by atoms with Gasteiger partial charge in [-0.1, -0.05) is 12.2 Å². The van der Waals surface area contributed by atoms with Crippen LogP contribution in [0.3, 0.4) is 0 Å². The van der Waals surface area contributed by atoms with Crippen LogP contribution in [0.15, 0.2) is 35.2 Å². The summed E-state index contributed by atoms with van der Waals surface area (Å²) >= 11 is 0. The van der Waals surface area contributed by atoms with Gasteiger partial charge in [-0.2, -0.15) is 4.31 Å². The normalized spacial score (nSPS) is 15.9. The van der Waals surface area contributed by atoms with Crippen molar-refractivity contribution >= 4 is 16.0 Å². The van der Waals surface area contributed by atoms with E-state index in [0.29, 0.717) is 26.1 Å². The summed E-state index contributed by atoms with van der Waals surface area (Å²) in [6.07, 6.45) is 4.36. The molecule has 0 saturated heterocycles. The lowest BCUT2D eigenvalue weighted by atomic mass is 10.2. The zero-order valence-corrected chi connectivity index (χ0v) is 12.5. The summed E-state index contributed by atoms with van der Waals surface area (Å²) in [6, 6.07) is 3.92. The highest BCUT2D eigenvalue weighted by atomic mass is 32.2. The zero-order valence-electron chi connectivity index (χ0n) is 11.7. The van der Waals surface area contributed by atoms with Crippen molar-refractivity contribution in [2.24, 2.45) is 0 Å². The lowest BCUT2D eigenvalue weighted by molar-refractivity contribution is 0.0692. The molecule has 0 fully saturated rings. The van der Waals surface area contributed by atoms with Crippen LogP contribution >= 0.6 is 0 Å². The molecule has 1 aliphatic heterocycles. The number of carbonyl (C=O) groups is 1. The van der Waals surface area contributed by atoms with Crippen LogP contribution in [0.2, 0.25) is 0 Å². The van der Waals surface area contributed by atoms with Crippen molar-refractivity contribution in [2.45, 2.75) is 18.2 Å². The van der Waals surface area contributed by atoms with Gasteiger partial charge in [-0.15, -0.1) is 0 Å². The fourth-order valence-electron chi connectivity index (χ4n) is 2.11. The number of carboxylic acids is 1. The van der Waals surface area contributed by atoms with Gasteiger partial charge >= 0.3 is 5.97 Å². The molecule has 2 rings (SSSR count). The van der Waals surface area contributed by atoms with Gasteiger partial charge in [-0.05, 0) is 31.5 Å². The Morgan fingerprint density at radius 2 is 2.14 bits per heavy atom. The largest absolute Gasteiger partial charge is 0.493 e. The first-order valence-electron chi connectivity index (χ1n) is 6.62. The van der Waals surface area contributed by atoms with Crippen LogP contribution in [-0.4, -0.2) is 43.5 Å². The first-order valence-corrected chi connectivity index (χ1v) is 8.06. The number of hydrogen-bond acceptors (Lipinski definition) is 4. The number of hydrogen-bond donors (Lipinski definition) is 1. The smallest absolute Gasteiger partial charge is 0.339 e. The highest BCUT2D eigenvalue weighted by Crippen LogP contribution is 2.25. The van der Waals surface area contributed by atoms with E-state index in [2.05, 4.69) is 0 Å². The summed E-state index contributed by atoms with van der Waals surface area (Å²) in [4.78, 5) is 11.2. The van der Waals surface area contributed by atoms with E-state index in [-0.39, 0.29) is 16.2 Å². The summed E-state index contributed by atoms with van der Waals surface area (Å²) in [7, 11) is -3.69. The molecule has 1 aromatic rings. The summed E-state index contributed by atoms with van der Waals surface area (Å²) < 4.78 is 31.5. The molecule has 114 valence electrons. The predicted molar refractivity (Wildman–Crippen MR) is 77.1 cm³/mol. The number of rotatable bonds is 5. The first kappa shape index (κ1) is 15.5. The molecule has 0 bridgehead atoms. The summed E-state index contributed by atoms with van der Waals surface area (Å²) in [6.45, 7) is 2.74. The summed E-state index contributed by atoms with van der Waals surface area (Å²) in [5, 5.41) is 9.19. The minimum atomic E-state index is -3.69. The first-order chi connectivity index (χ1) is 9.96. The molecule has 6 nitrogen and oxygen atoms in total. The average Bonchev–Trinajstić information content (AvgIpc) is 2.48. The molecule has 0 radical (unpaired) electrons. The van der Waals surface area contributed by atoms with Crippen LogP contribution in [0.4, 0.5) is 0 Å². The molecule has 1 aliphatic rings. The van der Waals surface area contributed by atoms with Crippen LogP contribution in [0.5, 0.6) is 5.75 Å². The number of nitrogens with zero attached hydrogens (tertiary/aromatic N) is 1. The van der Waals surface area contributed by atoms with Crippen LogP contribution in [-0.2, 0) is 10.0 Å². The van der Waals surface area contributed by atoms with Gasteiger partial charge in [0.1, 0.15) is 11.3 Å².